The van der Waals surface area contributed by atoms with Gasteiger partial charge in [-0.1, -0.05) is 56.3 Å². The third-order valence-electron chi connectivity index (χ3n) is 15.0. The molecular weight excluding hydrogens is 833 g/mol. The summed E-state index contributed by atoms with van der Waals surface area (Å²) in [5.74, 6) is -2.56. The number of ether oxygens (including phenoxy) is 2. The number of H-pyrrole nitrogens is 2. The third kappa shape index (κ3) is 7.17. The number of halogens is 2. The van der Waals surface area contributed by atoms with Gasteiger partial charge in [0.25, 0.3) is 5.92 Å². The number of aromatic amines is 2. The highest BCUT2D eigenvalue weighted by Crippen LogP contribution is 2.59. The predicted molar refractivity (Wildman–Crippen MR) is 239 cm³/mol. The zero-order chi connectivity index (χ0) is 45.7. The molecule has 1 aliphatic heterocycles. The number of rotatable bonds is 11. The summed E-state index contributed by atoms with van der Waals surface area (Å²) in [5.41, 5.74) is 5.23. The number of benzene rings is 3. The van der Waals surface area contributed by atoms with E-state index in [9.17, 15) is 19.2 Å². The van der Waals surface area contributed by atoms with E-state index in [0.29, 0.717) is 57.2 Å². The molecule has 3 heterocycles. The summed E-state index contributed by atoms with van der Waals surface area (Å²) in [7, 11) is 2.53. The molecule has 2 aromatic heterocycles. The molecule has 1 spiro atoms. The molecule has 13 nitrogen and oxygen atoms in total. The van der Waals surface area contributed by atoms with Crippen LogP contribution in [0.2, 0.25) is 0 Å². The maximum absolute atomic E-state index is 16.7. The molecule has 1 saturated heterocycles. The molecule has 338 valence electrons. The van der Waals surface area contributed by atoms with Crippen LogP contribution in [0.15, 0.2) is 72.9 Å². The number of nitrogens with zero attached hydrogens (tertiary/aromatic N) is 3. The summed E-state index contributed by atoms with van der Waals surface area (Å²) < 4.78 is 43.0. The molecule has 5 aliphatic rings. The first-order valence-electron chi connectivity index (χ1n) is 22.5. The van der Waals surface area contributed by atoms with Gasteiger partial charge in [0.15, 0.2) is 5.78 Å². The van der Waals surface area contributed by atoms with Crippen molar-refractivity contribution in [1.82, 2.24) is 35.5 Å². The van der Waals surface area contributed by atoms with E-state index >= 15 is 8.78 Å². The Kier molecular flexibility index (Phi) is 10.3. The third-order valence-corrected chi connectivity index (χ3v) is 15.0. The maximum atomic E-state index is 16.7. The lowest BCUT2D eigenvalue weighted by molar-refractivity contribution is -0.135. The number of alkyl halides is 2. The smallest absolute Gasteiger partial charge is 0.407 e. The number of nitrogens with one attached hydrogen (secondary N) is 4. The van der Waals surface area contributed by atoms with Gasteiger partial charge in [0.1, 0.15) is 23.7 Å². The molecule has 0 radical (unpaired) electrons. The number of hydrogen-bond acceptors (Lipinski definition) is 8. The largest absolute Gasteiger partial charge is 0.453 e. The fourth-order valence-corrected chi connectivity index (χ4v) is 11.4. The van der Waals surface area contributed by atoms with Crippen LogP contribution >= 0.6 is 0 Å². The summed E-state index contributed by atoms with van der Waals surface area (Å²) in [4.78, 5) is 70.7. The van der Waals surface area contributed by atoms with Crippen LogP contribution in [0.3, 0.4) is 0 Å². The lowest BCUT2D eigenvalue weighted by atomic mass is 9.74. The number of hydrogen-bond donors (Lipinski definition) is 4. The Balaban J connectivity index is 0.897. The van der Waals surface area contributed by atoms with Gasteiger partial charge < -0.3 is 35.0 Å². The second-order valence-corrected chi connectivity index (χ2v) is 19.4. The fraction of sp³-hybridized carbons (Fsp3) is 0.440. The topological polar surface area (TPSA) is 171 Å². The van der Waals surface area contributed by atoms with Crippen molar-refractivity contribution in [2.24, 2.45) is 29.1 Å². The molecule has 10 rings (SSSR count). The zero-order valence-electron chi connectivity index (χ0n) is 37.1. The first kappa shape index (κ1) is 42.6. The van der Waals surface area contributed by atoms with Gasteiger partial charge in [-0.05, 0) is 115 Å². The first-order valence-corrected chi connectivity index (χ1v) is 22.5. The van der Waals surface area contributed by atoms with E-state index in [-0.39, 0.29) is 63.9 Å². The van der Waals surface area contributed by atoms with Gasteiger partial charge >= 0.3 is 12.2 Å². The molecule has 1 unspecified atom stereocenters. The normalized spacial score (nSPS) is 23.9. The van der Waals surface area contributed by atoms with Crippen molar-refractivity contribution >= 4 is 34.9 Å². The minimum atomic E-state index is -3.29. The molecule has 15 heteroatoms. The van der Waals surface area contributed by atoms with Crippen LogP contribution in [0.25, 0.3) is 44.5 Å². The molecule has 3 amide bonds. The number of imidazole rings is 2. The average Bonchev–Trinajstić information content (AvgIpc) is 3.95. The Labute approximate surface area is 375 Å². The molecule has 7 atom stereocenters. The molecule has 2 bridgehead atoms. The Morgan fingerprint density at radius 3 is 2.18 bits per heavy atom. The summed E-state index contributed by atoms with van der Waals surface area (Å²) in [6, 6.07) is 13.9. The molecule has 3 saturated carbocycles. The van der Waals surface area contributed by atoms with Gasteiger partial charge in [-0.2, -0.15) is 8.78 Å². The number of Topliss-reactive ketones (excluding diaryl/α,β-unsaturated/α-hetero) is 1. The van der Waals surface area contributed by atoms with E-state index in [2.05, 4.69) is 27.2 Å². The number of amides is 3. The van der Waals surface area contributed by atoms with Crippen LogP contribution in [0.5, 0.6) is 0 Å². The van der Waals surface area contributed by atoms with E-state index in [1.165, 1.54) is 20.3 Å². The van der Waals surface area contributed by atoms with E-state index in [4.69, 9.17) is 19.4 Å². The van der Waals surface area contributed by atoms with E-state index in [1.54, 1.807) is 36.2 Å². The monoisotopic (exact) mass is 885 g/mol. The standard InChI is InChI=1S/C50H53F2N7O6/c1-24(2)41(57-47(62)64-5)43(60)39-29-7-8-30(17-29)40(39)45-54-35-14-11-27(20-36(35)55-45)26-9-12-31-32-13-10-28(19-34(32)50(51,52)33(31)18-26)37-22-53-44(56-37)38-21-49(15-16-49)23-59(38)46(61)42(25(3)4)58-48(63)65-6/h9-14,18-20,22,25,29-30,38-42H,1,7-8,15-17,21,23H2,2-6H3,(H,53,56)(H,54,55)(H,57,62)(H,58,63)/t29-,30+,38+,39?,40-,41+,42+/m1/s1. The van der Waals surface area contributed by atoms with Crippen LogP contribution in [0.4, 0.5) is 18.4 Å². The summed E-state index contributed by atoms with van der Waals surface area (Å²) in [6.07, 6.45) is 5.82. The number of ketones is 1. The van der Waals surface area contributed by atoms with Gasteiger partial charge in [-0.25, -0.2) is 19.6 Å². The predicted octanol–water partition coefficient (Wildman–Crippen LogP) is 9.17. The van der Waals surface area contributed by atoms with Crippen molar-refractivity contribution < 1.29 is 37.4 Å². The quantitative estimate of drug-likeness (QED) is 0.0952. The number of aromatic nitrogens is 4. The van der Waals surface area contributed by atoms with Crippen molar-refractivity contribution in [3.8, 4) is 33.5 Å². The van der Waals surface area contributed by atoms with Gasteiger partial charge in [-0.3, -0.25) is 9.59 Å². The van der Waals surface area contributed by atoms with Crippen LogP contribution < -0.4 is 10.6 Å². The molecule has 5 aromatic rings. The van der Waals surface area contributed by atoms with E-state index in [0.717, 1.165) is 49.6 Å². The number of carbonyl (C=O) groups excluding carboxylic acids is 4. The fourth-order valence-electron chi connectivity index (χ4n) is 11.4. The molecule has 65 heavy (non-hydrogen) atoms. The van der Waals surface area contributed by atoms with E-state index < -0.39 is 30.2 Å². The molecule has 4 fully saturated rings. The SMILES string of the molecule is C=C(C)[C@H](NC(=O)OC)C(=O)C1[C@@H]2CC[C@@H](C2)[C@H]1c1nc2ccc(-c3ccc4c(c3)C(F)(F)c3cc(-c5cnc([C@@H]6CC7(CC7)CN6C(=O)[C@@H](NC(=O)OC)C(C)C)[nH]5)ccc3-4)cc2[nH]1. The van der Waals surface area contributed by atoms with Crippen LogP contribution in [-0.2, 0) is 25.0 Å². The number of likely N-dealkylation sites (tertiary alicyclic amines) is 1. The van der Waals surface area contributed by atoms with E-state index in [1.807, 2.05) is 44.2 Å². The van der Waals surface area contributed by atoms with Gasteiger partial charge in [-0.15, -0.1) is 0 Å². The minimum Gasteiger partial charge on any atom is -0.453 e. The van der Waals surface area contributed by atoms with Gasteiger partial charge in [0.2, 0.25) is 5.91 Å². The van der Waals surface area contributed by atoms with Crippen LogP contribution in [0.1, 0.15) is 94.0 Å². The van der Waals surface area contributed by atoms with Crippen molar-refractivity contribution in [1.29, 1.82) is 0 Å². The molecule has 4 aliphatic carbocycles. The Morgan fingerprint density at radius 2 is 1.51 bits per heavy atom. The highest BCUT2D eigenvalue weighted by Gasteiger charge is 2.56. The summed E-state index contributed by atoms with van der Waals surface area (Å²) >= 11 is 0. The van der Waals surface area contributed by atoms with Gasteiger partial charge in [0, 0.05) is 35.1 Å². The van der Waals surface area contributed by atoms with Crippen LogP contribution in [-0.4, -0.2) is 81.6 Å². The average molecular weight is 886 g/mol. The summed E-state index contributed by atoms with van der Waals surface area (Å²) in [5, 5.41) is 5.38. The van der Waals surface area contributed by atoms with Crippen molar-refractivity contribution in [2.45, 2.75) is 89.3 Å². The molecule has 4 N–H and O–H groups in total. The molecular formula is C50H53F2N7O6. The zero-order valence-corrected chi connectivity index (χ0v) is 37.1. The lowest BCUT2D eigenvalue weighted by Gasteiger charge is -2.31. The first-order chi connectivity index (χ1) is 31.1. The highest BCUT2D eigenvalue weighted by molar-refractivity contribution is 5.93. The maximum Gasteiger partial charge on any atom is 0.407 e. The van der Waals surface area contributed by atoms with Crippen LogP contribution in [0, 0.1) is 29.1 Å². The highest BCUT2D eigenvalue weighted by atomic mass is 19.3. The Morgan fingerprint density at radius 1 is 0.862 bits per heavy atom. The number of carbonyl (C=O) groups is 4. The van der Waals surface area contributed by atoms with Gasteiger partial charge in [0.05, 0.1) is 43.2 Å². The van der Waals surface area contributed by atoms with Crippen molar-refractivity contribution in [3.63, 3.8) is 0 Å². The minimum absolute atomic E-state index is 0.00947. The Bertz CT molecular complexity index is 2790. The second kappa shape index (κ2) is 15.7. The molecule has 3 aromatic carbocycles. The number of methoxy groups -OCH3 is 2. The number of alkyl carbamates (subject to hydrolysis) is 2. The second-order valence-electron chi connectivity index (χ2n) is 19.4. The lowest BCUT2D eigenvalue weighted by Crippen LogP contribution is -2.51. The number of fused-ring (bicyclic) bond motifs is 6. The van der Waals surface area contributed by atoms with Crippen molar-refractivity contribution in [3.05, 3.63) is 95.7 Å². The summed E-state index contributed by atoms with van der Waals surface area (Å²) in [6.45, 7) is 10.0. The van der Waals surface area contributed by atoms with Crippen molar-refractivity contribution in [2.75, 3.05) is 20.8 Å². The Hall–Kier alpha value is -6.38.